The Kier molecular flexibility index (Phi) is 6.17. The summed E-state index contributed by atoms with van der Waals surface area (Å²) in [5.41, 5.74) is 1.98. The maximum absolute atomic E-state index is 11.7. The molecule has 1 fully saturated rings. The Labute approximate surface area is 136 Å². The Morgan fingerprint density at radius 1 is 1.22 bits per heavy atom. The van der Waals surface area contributed by atoms with Gasteiger partial charge in [0.1, 0.15) is 0 Å². The summed E-state index contributed by atoms with van der Waals surface area (Å²) in [6, 6.07) is 7.84. The van der Waals surface area contributed by atoms with Crippen LogP contribution >= 0.6 is 0 Å². The normalized spacial score (nSPS) is 15.6. The van der Waals surface area contributed by atoms with Crippen molar-refractivity contribution < 1.29 is 14.3 Å². The SMILES string of the molecule is C=COC(=O)N1CCCN(Cc2ccc(NC(C)=O)cc2)CC1. The van der Waals surface area contributed by atoms with Crippen LogP contribution in [-0.4, -0.2) is 48.0 Å². The van der Waals surface area contributed by atoms with Crippen molar-refractivity contribution in [3.05, 3.63) is 42.7 Å². The Morgan fingerprint density at radius 2 is 1.96 bits per heavy atom. The molecule has 6 heteroatoms. The smallest absolute Gasteiger partial charge is 0.414 e. The molecule has 2 amide bonds. The molecule has 1 aromatic rings. The van der Waals surface area contributed by atoms with E-state index in [1.54, 1.807) is 4.90 Å². The van der Waals surface area contributed by atoms with Crippen molar-refractivity contribution in [2.24, 2.45) is 0 Å². The summed E-state index contributed by atoms with van der Waals surface area (Å²) in [5, 5.41) is 2.76. The van der Waals surface area contributed by atoms with Gasteiger partial charge in [0.05, 0.1) is 6.26 Å². The van der Waals surface area contributed by atoms with Gasteiger partial charge < -0.3 is 15.0 Å². The molecule has 0 saturated carbocycles. The fourth-order valence-electron chi connectivity index (χ4n) is 2.61. The van der Waals surface area contributed by atoms with Gasteiger partial charge in [-0.25, -0.2) is 4.79 Å². The fraction of sp³-hybridized carbons (Fsp3) is 0.412. The number of nitrogens with zero attached hydrogens (tertiary/aromatic N) is 2. The molecule has 0 unspecified atom stereocenters. The number of amides is 2. The van der Waals surface area contributed by atoms with Crippen LogP contribution in [0.2, 0.25) is 0 Å². The molecule has 0 atom stereocenters. The highest BCUT2D eigenvalue weighted by molar-refractivity contribution is 5.88. The molecule has 23 heavy (non-hydrogen) atoms. The number of anilines is 1. The lowest BCUT2D eigenvalue weighted by molar-refractivity contribution is -0.114. The maximum Gasteiger partial charge on any atom is 0.414 e. The molecule has 1 aliphatic heterocycles. The standard InChI is InChI=1S/C17H23N3O3/c1-3-23-17(22)20-10-4-9-19(11-12-20)13-15-5-7-16(8-6-15)18-14(2)21/h3,5-8H,1,4,9-13H2,2H3,(H,18,21). The van der Waals surface area contributed by atoms with E-state index in [2.05, 4.69) is 16.8 Å². The average molecular weight is 317 g/mol. The number of benzene rings is 1. The highest BCUT2D eigenvalue weighted by atomic mass is 16.5. The van der Waals surface area contributed by atoms with Gasteiger partial charge in [-0.1, -0.05) is 18.7 Å². The topological polar surface area (TPSA) is 61.9 Å². The predicted octanol–water partition coefficient (Wildman–Crippen LogP) is 2.43. The van der Waals surface area contributed by atoms with E-state index in [9.17, 15) is 9.59 Å². The van der Waals surface area contributed by atoms with E-state index in [1.807, 2.05) is 24.3 Å². The van der Waals surface area contributed by atoms with Crippen LogP contribution in [0.5, 0.6) is 0 Å². The van der Waals surface area contributed by atoms with Gasteiger partial charge in [0, 0.05) is 45.3 Å². The molecule has 0 bridgehead atoms. The van der Waals surface area contributed by atoms with Crippen LogP contribution in [0.3, 0.4) is 0 Å². The average Bonchev–Trinajstić information content (AvgIpc) is 2.75. The van der Waals surface area contributed by atoms with Crippen molar-refractivity contribution in [3.63, 3.8) is 0 Å². The van der Waals surface area contributed by atoms with Gasteiger partial charge in [-0.2, -0.15) is 0 Å². The minimum atomic E-state index is -0.332. The Bertz CT molecular complexity index is 557. The van der Waals surface area contributed by atoms with Gasteiger partial charge in [-0.05, 0) is 24.1 Å². The van der Waals surface area contributed by atoms with Crippen molar-refractivity contribution in [1.29, 1.82) is 0 Å². The number of rotatable bonds is 4. The largest absolute Gasteiger partial charge is 0.419 e. The Balaban J connectivity index is 1.87. The van der Waals surface area contributed by atoms with Crippen molar-refractivity contribution in [2.45, 2.75) is 19.9 Å². The highest BCUT2D eigenvalue weighted by Gasteiger charge is 2.19. The maximum atomic E-state index is 11.7. The third kappa shape index (κ3) is 5.41. The van der Waals surface area contributed by atoms with E-state index in [4.69, 9.17) is 4.74 Å². The van der Waals surface area contributed by atoms with Gasteiger partial charge in [-0.3, -0.25) is 9.69 Å². The molecule has 0 aliphatic carbocycles. The zero-order chi connectivity index (χ0) is 16.7. The summed E-state index contributed by atoms with van der Waals surface area (Å²) < 4.78 is 4.83. The number of carbonyl (C=O) groups is 2. The molecular formula is C17H23N3O3. The molecule has 0 spiro atoms. The summed E-state index contributed by atoms with van der Waals surface area (Å²) in [7, 11) is 0. The first-order valence-electron chi connectivity index (χ1n) is 7.74. The molecule has 1 aromatic carbocycles. The monoisotopic (exact) mass is 317 g/mol. The first-order valence-corrected chi connectivity index (χ1v) is 7.74. The van der Waals surface area contributed by atoms with Crippen molar-refractivity contribution in [2.75, 3.05) is 31.5 Å². The number of hydrogen-bond acceptors (Lipinski definition) is 4. The van der Waals surface area contributed by atoms with Crippen LogP contribution in [0.15, 0.2) is 37.1 Å². The molecule has 0 radical (unpaired) electrons. The Morgan fingerprint density at radius 3 is 2.61 bits per heavy atom. The first kappa shape index (κ1) is 17.0. The van der Waals surface area contributed by atoms with Crippen LogP contribution in [0, 0.1) is 0 Å². The lowest BCUT2D eigenvalue weighted by atomic mass is 10.2. The molecule has 0 aromatic heterocycles. The molecule has 6 nitrogen and oxygen atoms in total. The van der Waals surface area contributed by atoms with Crippen LogP contribution < -0.4 is 5.32 Å². The van der Waals surface area contributed by atoms with E-state index >= 15 is 0 Å². The molecule has 1 N–H and O–H groups in total. The summed E-state index contributed by atoms with van der Waals surface area (Å²) in [6.07, 6.45) is 1.75. The Hall–Kier alpha value is -2.34. The van der Waals surface area contributed by atoms with E-state index in [0.29, 0.717) is 13.1 Å². The molecule has 1 heterocycles. The molecule has 1 aliphatic rings. The van der Waals surface area contributed by atoms with Gasteiger partial charge in [0.15, 0.2) is 0 Å². The van der Waals surface area contributed by atoms with Gasteiger partial charge in [0.2, 0.25) is 5.91 Å². The number of nitrogens with one attached hydrogen (secondary N) is 1. The summed E-state index contributed by atoms with van der Waals surface area (Å²) in [5.74, 6) is -0.0724. The predicted molar refractivity (Wildman–Crippen MR) is 88.9 cm³/mol. The van der Waals surface area contributed by atoms with E-state index in [1.165, 1.54) is 18.7 Å². The van der Waals surface area contributed by atoms with Crippen LogP contribution in [0.1, 0.15) is 18.9 Å². The number of carbonyl (C=O) groups excluding carboxylic acids is 2. The second-order valence-electron chi connectivity index (χ2n) is 5.55. The minimum Gasteiger partial charge on any atom is -0.419 e. The summed E-state index contributed by atoms with van der Waals surface area (Å²) in [4.78, 5) is 26.8. The van der Waals surface area contributed by atoms with Gasteiger partial charge >= 0.3 is 6.09 Å². The fourth-order valence-corrected chi connectivity index (χ4v) is 2.61. The van der Waals surface area contributed by atoms with Crippen LogP contribution in [0.4, 0.5) is 10.5 Å². The van der Waals surface area contributed by atoms with Crippen molar-refractivity contribution in [3.8, 4) is 0 Å². The van der Waals surface area contributed by atoms with E-state index in [-0.39, 0.29) is 12.0 Å². The third-order valence-electron chi connectivity index (χ3n) is 3.71. The number of ether oxygens (including phenoxy) is 1. The lowest BCUT2D eigenvalue weighted by Crippen LogP contribution is -2.34. The van der Waals surface area contributed by atoms with Crippen molar-refractivity contribution in [1.82, 2.24) is 9.80 Å². The third-order valence-corrected chi connectivity index (χ3v) is 3.71. The zero-order valence-electron chi connectivity index (χ0n) is 13.5. The van der Waals surface area contributed by atoms with E-state index in [0.717, 1.165) is 31.7 Å². The highest BCUT2D eigenvalue weighted by Crippen LogP contribution is 2.13. The summed E-state index contributed by atoms with van der Waals surface area (Å²) in [6.45, 7) is 8.82. The molecule has 124 valence electrons. The first-order chi connectivity index (χ1) is 11.1. The second-order valence-corrected chi connectivity index (χ2v) is 5.55. The van der Waals surface area contributed by atoms with Gasteiger partial charge in [0.25, 0.3) is 0 Å². The quantitative estimate of drug-likeness (QED) is 0.867. The zero-order valence-corrected chi connectivity index (χ0v) is 13.5. The molecule has 2 rings (SSSR count). The van der Waals surface area contributed by atoms with Crippen molar-refractivity contribution >= 4 is 17.7 Å². The lowest BCUT2D eigenvalue weighted by Gasteiger charge is -2.21. The number of hydrogen-bond donors (Lipinski definition) is 1. The van der Waals surface area contributed by atoms with Gasteiger partial charge in [-0.15, -0.1) is 0 Å². The van der Waals surface area contributed by atoms with Crippen LogP contribution in [-0.2, 0) is 16.1 Å². The molecular weight excluding hydrogens is 294 g/mol. The van der Waals surface area contributed by atoms with E-state index < -0.39 is 0 Å². The van der Waals surface area contributed by atoms with Crippen LogP contribution in [0.25, 0.3) is 0 Å². The summed E-state index contributed by atoms with van der Waals surface area (Å²) >= 11 is 0. The minimum absolute atomic E-state index is 0.0724. The molecule has 1 saturated heterocycles. The second kappa shape index (κ2) is 8.33.